The Morgan fingerprint density at radius 3 is 2.63 bits per heavy atom. The highest BCUT2D eigenvalue weighted by Gasteiger charge is 2.25. The number of benzene rings is 1. The Balaban J connectivity index is 0.000000260. The van der Waals surface area contributed by atoms with Crippen LogP contribution in [-0.4, -0.2) is 40.5 Å². The number of carbonyl (C=O) groups is 2. The van der Waals surface area contributed by atoms with E-state index >= 15 is 0 Å². The third-order valence-electron chi connectivity index (χ3n) is 5.89. The van der Waals surface area contributed by atoms with Crippen LogP contribution in [0.5, 0.6) is 0 Å². The molecule has 3 aromatic rings. The molecule has 1 aliphatic rings. The standard InChI is InChI=1S/C15H19N5S.C10H12O.CH2O2/c1-17-15-12(8-16)11-4-3-10(7-13(11)21-15)19-9-14-18-5-6-20(14)2;1-9(7-8-11)10-5-3-2-4-6-10;2-1-3/h5-6,10,17,19H,3-4,7,9H2,1-2H3;2-6,8-9H,7H2,1H3;1H,(H,2,3). The van der Waals surface area contributed by atoms with Crippen LogP contribution >= 0.6 is 11.3 Å². The summed E-state index contributed by atoms with van der Waals surface area (Å²) in [5.74, 6) is 1.41. The van der Waals surface area contributed by atoms with Crippen LogP contribution in [-0.2, 0) is 36.0 Å². The van der Waals surface area contributed by atoms with Gasteiger partial charge in [0.05, 0.1) is 12.1 Å². The van der Waals surface area contributed by atoms with Crippen molar-refractivity contribution < 1.29 is 14.7 Å². The van der Waals surface area contributed by atoms with E-state index in [9.17, 15) is 10.1 Å². The van der Waals surface area contributed by atoms with Crippen LogP contribution < -0.4 is 10.6 Å². The molecule has 0 spiro atoms. The molecule has 2 aromatic heterocycles. The number of carbonyl (C=O) groups excluding carboxylic acids is 1. The van der Waals surface area contributed by atoms with Crippen molar-refractivity contribution in [1.82, 2.24) is 14.9 Å². The summed E-state index contributed by atoms with van der Waals surface area (Å²) in [6.45, 7) is 2.60. The molecule has 0 fully saturated rings. The number of fused-ring (bicyclic) bond motifs is 1. The number of aldehydes is 1. The molecule has 2 heterocycles. The first-order valence-corrected chi connectivity index (χ1v) is 12.3. The van der Waals surface area contributed by atoms with Crippen molar-refractivity contribution in [2.45, 2.75) is 51.1 Å². The molecule has 0 radical (unpaired) electrons. The Kier molecular flexibility index (Phi) is 11.7. The monoisotopic (exact) mass is 495 g/mol. The van der Waals surface area contributed by atoms with Gasteiger partial charge < -0.3 is 25.1 Å². The topological polar surface area (TPSA) is 120 Å². The Morgan fingerprint density at radius 1 is 1.34 bits per heavy atom. The van der Waals surface area contributed by atoms with Crippen LogP contribution in [0.25, 0.3) is 0 Å². The third-order valence-corrected chi connectivity index (χ3v) is 7.16. The number of nitrogens with zero attached hydrogens (tertiary/aromatic N) is 3. The zero-order chi connectivity index (χ0) is 25.6. The summed E-state index contributed by atoms with van der Waals surface area (Å²) in [5.41, 5.74) is 3.33. The second kappa shape index (κ2) is 14.7. The number of imidazole rings is 1. The summed E-state index contributed by atoms with van der Waals surface area (Å²) >= 11 is 1.72. The zero-order valence-corrected chi connectivity index (χ0v) is 21.2. The summed E-state index contributed by atoms with van der Waals surface area (Å²) in [6.07, 6.45) is 8.43. The first kappa shape index (κ1) is 27.8. The van der Waals surface area contributed by atoms with Gasteiger partial charge in [0.1, 0.15) is 23.2 Å². The lowest BCUT2D eigenvalue weighted by atomic mass is 9.92. The van der Waals surface area contributed by atoms with Gasteiger partial charge in [0.15, 0.2) is 0 Å². The minimum Gasteiger partial charge on any atom is -0.483 e. The van der Waals surface area contributed by atoms with E-state index in [0.29, 0.717) is 18.4 Å². The Bertz CT molecular complexity index is 1100. The van der Waals surface area contributed by atoms with Gasteiger partial charge in [0, 0.05) is 43.8 Å². The zero-order valence-electron chi connectivity index (χ0n) is 20.4. The minimum absolute atomic E-state index is 0.250. The molecule has 0 saturated heterocycles. The molecule has 4 rings (SSSR count). The minimum atomic E-state index is -0.250. The lowest BCUT2D eigenvalue weighted by molar-refractivity contribution is -0.122. The Morgan fingerprint density at radius 2 is 2.06 bits per heavy atom. The van der Waals surface area contributed by atoms with Gasteiger partial charge in [-0.05, 0) is 36.3 Å². The second-order valence-corrected chi connectivity index (χ2v) is 9.27. The summed E-state index contributed by atoms with van der Waals surface area (Å²) in [6, 6.07) is 12.9. The van der Waals surface area contributed by atoms with E-state index in [1.807, 2.05) is 61.4 Å². The van der Waals surface area contributed by atoms with Gasteiger partial charge in [0.25, 0.3) is 6.47 Å². The lowest BCUT2D eigenvalue weighted by Crippen LogP contribution is -2.34. The maximum absolute atomic E-state index is 10.2. The SMILES string of the molecule is CC(CC=O)c1ccccc1.CNc1sc2c(c1C#N)CCC(NCc1nccn1C)C2.O=CO. The van der Waals surface area contributed by atoms with Crippen molar-refractivity contribution in [3.8, 4) is 6.07 Å². The van der Waals surface area contributed by atoms with Gasteiger partial charge in [-0.3, -0.25) is 4.79 Å². The van der Waals surface area contributed by atoms with Crippen molar-refractivity contribution in [3.05, 3.63) is 70.1 Å². The molecule has 1 aromatic carbocycles. The number of hydrogen-bond acceptors (Lipinski definition) is 7. The quantitative estimate of drug-likeness (QED) is 0.422. The number of aryl methyl sites for hydroxylation is 1. The molecule has 0 bridgehead atoms. The van der Waals surface area contributed by atoms with Crippen LogP contribution in [0.4, 0.5) is 5.00 Å². The molecule has 9 heteroatoms. The van der Waals surface area contributed by atoms with Crippen LogP contribution in [0.15, 0.2) is 42.7 Å². The molecule has 2 atom stereocenters. The summed E-state index contributed by atoms with van der Waals surface area (Å²) in [4.78, 5) is 24.2. The fourth-order valence-corrected chi connectivity index (χ4v) is 5.15. The van der Waals surface area contributed by atoms with Crippen molar-refractivity contribution >= 4 is 29.1 Å². The fraction of sp³-hybridized carbons (Fsp3) is 0.385. The first-order chi connectivity index (χ1) is 17.0. The molecular formula is C26H33N5O3S. The van der Waals surface area contributed by atoms with E-state index in [1.165, 1.54) is 16.0 Å². The smallest absolute Gasteiger partial charge is 0.290 e. The first-order valence-electron chi connectivity index (χ1n) is 11.5. The molecule has 35 heavy (non-hydrogen) atoms. The number of anilines is 1. The predicted molar refractivity (Wildman–Crippen MR) is 139 cm³/mol. The third kappa shape index (κ3) is 8.05. The highest BCUT2D eigenvalue weighted by Crippen LogP contribution is 2.37. The molecule has 0 aliphatic heterocycles. The van der Waals surface area contributed by atoms with Crippen LogP contribution in [0, 0.1) is 11.3 Å². The van der Waals surface area contributed by atoms with E-state index in [-0.39, 0.29) is 6.47 Å². The van der Waals surface area contributed by atoms with Gasteiger partial charge in [-0.25, -0.2) is 4.98 Å². The van der Waals surface area contributed by atoms with E-state index in [4.69, 9.17) is 9.90 Å². The van der Waals surface area contributed by atoms with Crippen molar-refractivity contribution in [2.24, 2.45) is 7.05 Å². The van der Waals surface area contributed by atoms with E-state index in [1.54, 1.807) is 11.3 Å². The van der Waals surface area contributed by atoms with Crippen molar-refractivity contribution in [3.63, 3.8) is 0 Å². The summed E-state index contributed by atoms with van der Waals surface area (Å²) in [5, 5.41) is 23.9. The van der Waals surface area contributed by atoms with Crippen LogP contribution in [0.3, 0.4) is 0 Å². The molecule has 0 amide bonds. The van der Waals surface area contributed by atoms with E-state index in [2.05, 4.69) is 28.6 Å². The van der Waals surface area contributed by atoms with Gasteiger partial charge >= 0.3 is 0 Å². The van der Waals surface area contributed by atoms with Crippen molar-refractivity contribution in [2.75, 3.05) is 12.4 Å². The predicted octanol–water partition coefficient (Wildman–Crippen LogP) is 4.12. The maximum Gasteiger partial charge on any atom is 0.290 e. The molecule has 1 aliphatic carbocycles. The highest BCUT2D eigenvalue weighted by molar-refractivity contribution is 7.16. The number of thiophene rings is 1. The molecular weight excluding hydrogens is 462 g/mol. The number of hydrogen-bond donors (Lipinski definition) is 3. The number of nitriles is 1. The second-order valence-electron chi connectivity index (χ2n) is 8.16. The van der Waals surface area contributed by atoms with Crippen LogP contribution in [0.2, 0.25) is 0 Å². The largest absolute Gasteiger partial charge is 0.483 e. The molecule has 2 unspecified atom stereocenters. The summed E-state index contributed by atoms with van der Waals surface area (Å²) in [7, 11) is 3.90. The maximum atomic E-state index is 10.2. The average Bonchev–Trinajstić information content (AvgIpc) is 3.46. The van der Waals surface area contributed by atoms with Gasteiger partial charge in [0.2, 0.25) is 0 Å². The van der Waals surface area contributed by atoms with Crippen LogP contribution in [0.1, 0.15) is 53.1 Å². The van der Waals surface area contributed by atoms with Gasteiger partial charge in [-0.2, -0.15) is 5.26 Å². The Hall–Kier alpha value is -3.48. The average molecular weight is 496 g/mol. The molecule has 3 N–H and O–H groups in total. The Labute approximate surface area is 210 Å². The molecule has 8 nitrogen and oxygen atoms in total. The normalized spacial score (nSPS) is 14.6. The highest BCUT2D eigenvalue weighted by atomic mass is 32.1. The molecule has 186 valence electrons. The number of carboxylic acid groups (broad SMARTS) is 1. The fourth-order valence-electron chi connectivity index (χ4n) is 3.92. The number of rotatable bonds is 7. The number of aromatic nitrogens is 2. The van der Waals surface area contributed by atoms with E-state index in [0.717, 1.165) is 48.5 Å². The number of nitrogens with one attached hydrogen (secondary N) is 2. The lowest BCUT2D eigenvalue weighted by Gasteiger charge is -2.23. The van der Waals surface area contributed by atoms with Gasteiger partial charge in [-0.1, -0.05) is 37.3 Å². The van der Waals surface area contributed by atoms with Gasteiger partial charge in [-0.15, -0.1) is 11.3 Å². The van der Waals surface area contributed by atoms with E-state index < -0.39 is 0 Å². The summed E-state index contributed by atoms with van der Waals surface area (Å²) < 4.78 is 2.04. The molecule has 0 saturated carbocycles. The van der Waals surface area contributed by atoms with Crippen molar-refractivity contribution in [1.29, 1.82) is 5.26 Å².